The summed E-state index contributed by atoms with van der Waals surface area (Å²) >= 11 is 4.68. The molecule has 1 heterocycles. The van der Waals surface area contributed by atoms with Gasteiger partial charge >= 0.3 is 0 Å². The number of ether oxygens (including phenoxy) is 1. The molecule has 2 rings (SSSR count). The van der Waals surface area contributed by atoms with Crippen LogP contribution in [0.2, 0.25) is 0 Å². The fourth-order valence-electron chi connectivity index (χ4n) is 1.41. The fourth-order valence-corrected chi connectivity index (χ4v) is 2.47. The first-order chi connectivity index (χ1) is 8.61. The van der Waals surface area contributed by atoms with Crippen LogP contribution in [0.3, 0.4) is 0 Å². The van der Waals surface area contributed by atoms with Crippen molar-refractivity contribution in [3.05, 3.63) is 39.0 Å². The number of methoxy groups -OCH3 is 1. The van der Waals surface area contributed by atoms with Crippen LogP contribution >= 0.6 is 27.3 Å². The molecule has 4 nitrogen and oxygen atoms in total. The minimum atomic E-state index is -0.226. The van der Waals surface area contributed by atoms with Crippen molar-refractivity contribution in [3.8, 4) is 5.75 Å². The van der Waals surface area contributed by atoms with Gasteiger partial charge in [-0.15, -0.1) is 11.3 Å². The van der Waals surface area contributed by atoms with E-state index in [0.29, 0.717) is 22.0 Å². The average Bonchev–Trinajstić information content (AvgIpc) is 2.78. The van der Waals surface area contributed by atoms with Crippen molar-refractivity contribution >= 4 is 44.5 Å². The smallest absolute Gasteiger partial charge is 0.267 e. The molecule has 0 aliphatic rings. The molecule has 94 valence electrons. The Balaban J connectivity index is 2.24. The van der Waals surface area contributed by atoms with Crippen LogP contribution in [0, 0.1) is 0 Å². The van der Waals surface area contributed by atoms with Crippen molar-refractivity contribution in [1.82, 2.24) is 0 Å². The number of hydrogen-bond acceptors (Lipinski definition) is 4. The lowest BCUT2D eigenvalue weighted by atomic mass is 10.3. The highest BCUT2D eigenvalue weighted by molar-refractivity contribution is 9.10. The molecule has 1 amide bonds. The number of halogens is 1. The summed E-state index contributed by atoms with van der Waals surface area (Å²) in [4.78, 5) is 12.5. The Morgan fingerprint density at radius 2 is 2.22 bits per heavy atom. The van der Waals surface area contributed by atoms with Gasteiger partial charge in [0, 0.05) is 10.5 Å². The number of carbonyl (C=O) groups excluding carboxylic acids is 1. The second-order valence-corrected chi connectivity index (χ2v) is 5.28. The minimum absolute atomic E-state index is 0.226. The van der Waals surface area contributed by atoms with Crippen LogP contribution in [-0.4, -0.2) is 13.0 Å². The Hall–Kier alpha value is -1.53. The zero-order valence-electron chi connectivity index (χ0n) is 9.57. The van der Waals surface area contributed by atoms with Gasteiger partial charge in [-0.3, -0.25) is 4.79 Å². The van der Waals surface area contributed by atoms with Crippen molar-refractivity contribution in [1.29, 1.82) is 0 Å². The molecule has 3 N–H and O–H groups in total. The number of anilines is 2. The van der Waals surface area contributed by atoms with Gasteiger partial charge in [0.15, 0.2) is 0 Å². The van der Waals surface area contributed by atoms with Gasteiger partial charge in [0.25, 0.3) is 5.91 Å². The van der Waals surface area contributed by atoms with Crippen LogP contribution in [0.1, 0.15) is 9.67 Å². The first-order valence-electron chi connectivity index (χ1n) is 5.09. The summed E-state index contributed by atoms with van der Waals surface area (Å²) < 4.78 is 5.90. The predicted octanol–water partition coefficient (Wildman–Crippen LogP) is 3.35. The number of benzene rings is 1. The van der Waals surface area contributed by atoms with E-state index in [-0.39, 0.29) is 5.91 Å². The minimum Gasteiger partial charge on any atom is -0.497 e. The molecule has 0 radical (unpaired) electrons. The zero-order valence-corrected chi connectivity index (χ0v) is 12.0. The molecule has 0 bridgehead atoms. The van der Waals surface area contributed by atoms with Crippen LogP contribution in [-0.2, 0) is 0 Å². The summed E-state index contributed by atoms with van der Waals surface area (Å²) in [6, 6.07) is 7.07. The Bertz CT molecular complexity index is 583. The van der Waals surface area contributed by atoms with Crippen LogP contribution < -0.4 is 15.8 Å². The van der Waals surface area contributed by atoms with Crippen LogP contribution in [0.5, 0.6) is 5.75 Å². The Morgan fingerprint density at radius 3 is 2.83 bits per heavy atom. The van der Waals surface area contributed by atoms with Gasteiger partial charge in [0.1, 0.15) is 10.6 Å². The van der Waals surface area contributed by atoms with E-state index in [1.807, 2.05) is 6.07 Å². The van der Waals surface area contributed by atoms with Crippen LogP contribution in [0.15, 0.2) is 34.1 Å². The Labute approximate surface area is 117 Å². The summed E-state index contributed by atoms with van der Waals surface area (Å²) in [6.07, 6.45) is 0. The number of amides is 1. The molecule has 0 aliphatic carbocycles. The fraction of sp³-hybridized carbons (Fsp3) is 0.0833. The first kappa shape index (κ1) is 12.9. The molecule has 0 fully saturated rings. The quantitative estimate of drug-likeness (QED) is 0.909. The van der Waals surface area contributed by atoms with Gasteiger partial charge in [-0.25, -0.2) is 0 Å². The van der Waals surface area contributed by atoms with Crippen molar-refractivity contribution in [3.63, 3.8) is 0 Å². The van der Waals surface area contributed by atoms with E-state index in [9.17, 15) is 4.79 Å². The molecule has 0 atom stereocenters. The van der Waals surface area contributed by atoms with Gasteiger partial charge in [0.2, 0.25) is 0 Å². The zero-order chi connectivity index (χ0) is 13.1. The highest BCUT2D eigenvalue weighted by Crippen LogP contribution is 2.28. The number of nitrogens with two attached hydrogens (primary N) is 1. The van der Waals surface area contributed by atoms with E-state index in [4.69, 9.17) is 10.5 Å². The molecule has 0 saturated heterocycles. The summed E-state index contributed by atoms with van der Waals surface area (Å²) in [6.45, 7) is 0. The molecular weight excluding hydrogens is 316 g/mol. The molecule has 18 heavy (non-hydrogen) atoms. The molecular formula is C12H11BrN2O2S. The summed E-state index contributed by atoms with van der Waals surface area (Å²) in [5.74, 6) is 0.448. The van der Waals surface area contributed by atoms with E-state index >= 15 is 0 Å². The number of nitrogen functional groups attached to an aromatic ring is 1. The standard InChI is InChI=1S/C12H11BrN2O2S/c1-17-7-2-3-8(13)10(6-7)15-12(16)11-9(14)4-5-18-11/h2-6H,14H2,1H3,(H,15,16). The molecule has 0 spiro atoms. The second-order valence-electron chi connectivity index (χ2n) is 3.50. The summed E-state index contributed by atoms with van der Waals surface area (Å²) in [7, 11) is 1.58. The van der Waals surface area contributed by atoms with Gasteiger partial charge in [0.05, 0.1) is 18.5 Å². The topological polar surface area (TPSA) is 64.3 Å². The molecule has 2 aromatic rings. The molecule has 0 aliphatic heterocycles. The van der Waals surface area contributed by atoms with Crippen LogP contribution in [0.25, 0.3) is 0 Å². The largest absolute Gasteiger partial charge is 0.497 e. The number of rotatable bonds is 3. The summed E-state index contributed by atoms with van der Waals surface area (Å²) in [5.41, 5.74) is 6.83. The molecule has 0 saturated carbocycles. The Kier molecular flexibility index (Phi) is 3.88. The number of nitrogens with one attached hydrogen (secondary N) is 1. The lowest BCUT2D eigenvalue weighted by Gasteiger charge is -2.08. The first-order valence-corrected chi connectivity index (χ1v) is 6.77. The maximum Gasteiger partial charge on any atom is 0.267 e. The lowest BCUT2D eigenvalue weighted by Crippen LogP contribution is -2.12. The average molecular weight is 327 g/mol. The van der Waals surface area contributed by atoms with E-state index in [2.05, 4.69) is 21.2 Å². The third-order valence-corrected chi connectivity index (χ3v) is 3.94. The molecule has 0 unspecified atom stereocenters. The number of thiophene rings is 1. The maximum absolute atomic E-state index is 12.0. The van der Waals surface area contributed by atoms with E-state index in [1.54, 1.807) is 30.7 Å². The van der Waals surface area contributed by atoms with Gasteiger partial charge in [-0.2, -0.15) is 0 Å². The third-order valence-electron chi connectivity index (χ3n) is 2.32. The monoisotopic (exact) mass is 326 g/mol. The predicted molar refractivity (Wildman–Crippen MR) is 77.4 cm³/mol. The van der Waals surface area contributed by atoms with E-state index < -0.39 is 0 Å². The van der Waals surface area contributed by atoms with Crippen molar-refractivity contribution in [2.45, 2.75) is 0 Å². The highest BCUT2D eigenvalue weighted by atomic mass is 79.9. The second kappa shape index (κ2) is 5.41. The molecule has 6 heteroatoms. The van der Waals surface area contributed by atoms with Crippen molar-refractivity contribution in [2.24, 2.45) is 0 Å². The number of carbonyl (C=O) groups is 1. The van der Waals surface area contributed by atoms with Crippen molar-refractivity contribution < 1.29 is 9.53 Å². The van der Waals surface area contributed by atoms with Gasteiger partial charge in [-0.1, -0.05) is 0 Å². The van der Waals surface area contributed by atoms with E-state index in [0.717, 1.165) is 4.47 Å². The SMILES string of the molecule is COc1ccc(Br)c(NC(=O)c2sccc2N)c1. The van der Waals surface area contributed by atoms with Gasteiger partial charge in [-0.05, 0) is 39.5 Å². The Morgan fingerprint density at radius 1 is 1.44 bits per heavy atom. The molecule has 1 aromatic heterocycles. The highest BCUT2D eigenvalue weighted by Gasteiger charge is 2.13. The maximum atomic E-state index is 12.0. The summed E-state index contributed by atoms with van der Waals surface area (Å²) in [5, 5.41) is 4.58. The van der Waals surface area contributed by atoms with E-state index in [1.165, 1.54) is 11.3 Å². The van der Waals surface area contributed by atoms with Crippen LogP contribution in [0.4, 0.5) is 11.4 Å². The lowest BCUT2D eigenvalue weighted by molar-refractivity contribution is 0.103. The number of hydrogen-bond donors (Lipinski definition) is 2. The normalized spacial score (nSPS) is 10.1. The third kappa shape index (κ3) is 2.65. The van der Waals surface area contributed by atoms with Crippen molar-refractivity contribution in [2.75, 3.05) is 18.2 Å². The molecule has 1 aromatic carbocycles. The van der Waals surface area contributed by atoms with Gasteiger partial charge < -0.3 is 15.8 Å².